The van der Waals surface area contributed by atoms with Crippen molar-refractivity contribution in [3.05, 3.63) is 102 Å². The van der Waals surface area contributed by atoms with Gasteiger partial charge in [0.25, 0.3) is 0 Å². The summed E-state index contributed by atoms with van der Waals surface area (Å²) in [4.78, 5) is 17.0. The lowest BCUT2D eigenvalue weighted by atomic mass is 9.91. The summed E-state index contributed by atoms with van der Waals surface area (Å²) >= 11 is 0. The molecule has 3 aromatic carbocycles. The van der Waals surface area contributed by atoms with Crippen LogP contribution in [0.5, 0.6) is 5.75 Å². The molecule has 14 heteroatoms. The molecule has 2 N–H and O–H groups in total. The van der Waals surface area contributed by atoms with E-state index in [-0.39, 0.29) is 34.5 Å². The highest BCUT2D eigenvalue weighted by atomic mass is 32.2. The molecule has 0 bridgehead atoms. The molecule has 0 radical (unpaired) electrons. The number of benzene rings is 3. The van der Waals surface area contributed by atoms with Crippen molar-refractivity contribution in [3.8, 4) is 16.9 Å². The van der Waals surface area contributed by atoms with Gasteiger partial charge in [0.1, 0.15) is 17.3 Å². The molecular weight excluding hydrogens is 616 g/mol. The van der Waals surface area contributed by atoms with Crippen LogP contribution in [0.4, 0.5) is 29.2 Å². The Bertz CT molecular complexity index is 1940. The molecule has 9 nitrogen and oxygen atoms in total. The summed E-state index contributed by atoms with van der Waals surface area (Å²) in [7, 11) is -3.71. The predicted molar refractivity (Wildman–Crippen MR) is 158 cm³/mol. The van der Waals surface area contributed by atoms with Crippen LogP contribution >= 0.6 is 0 Å². The van der Waals surface area contributed by atoms with Crippen LogP contribution in [0.15, 0.2) is 90.0 Å². The minimum Gasteiger partial charge on any atom is -0.482 e. The number of fused-ring (bicyclic) bond motifs is 1. The van der Waals surface area contributed by atoms with Crippen LogP contribution < -0.4 is 10.1 Å². The van der Waals surface area contributed by atoms with E-state index in [1.165, 1.54) is 40.9 Å². The van der Waals surface area contributed by atoms with Gasteiger partial charge < -0.3 is 15.2 Å². The van der Waals surface area contributed by atoms with E-state index in [9.17, 15) is 35.9 Å². The van der Waals surface area contributed by atoms with Gasteiger partial charge >= 0.3 is 6.18 Å². The molecule has 0 saturated carbocycles. The van der Waals surface area contributed by atoms with Gasteiger partial charge in [-0.15, -0.1) is 5.10 Å². The molecule has 234 valence electrons. The molecule has 0 aliphatic carbocycles. The SMILES string of the molecule is CS(=O)(=O)c1ccc(Nc2nc3ccc(-c4ccc(CC(=O)[C@H](CO)c5ccc(F)cc5)cc4)cn3n2)c(OCC(F)(F)F)c1. The van der Waals surface area contributed by atoms with Crippen molar-refractivity contribution in [3.63, 3.8) is 0 Å². The van der Waals surface area contributed by atoms with Crippen molar-refractivity contribution in [1.29, 1.82) is 0 Å². The van der Waals surface area contributed by atoms with Gasteiger partial charge in [-0.05, 0) is 53.1 Å². The molecule has 5 rings (SSSR count). The number of halogens is 4. The molecular formula is C31H26F4N4O5S. The summed E-state index contributed by atoms with van der Waals surface area (Å²) in [6.07, 6.45) is -1.95. The molecule has 0 saturated heterocycles. The largest absolute Gasteiger partial charge is 0.482 e. The average Bonchev–Trinajstić information content (AvgIpc) is 3.39. The van der Waals surface area contributed by atoms with Crippen LogP contribution in [0, 0.1) is 5.82 Å². The van der Waals surface area contributed by atoms with E-state index < -0.39 is 41.0 Å². The third-order valence-corrected chi connectivity index (χ3v) is 7.97. The highest BCUT2D eigenvalue weighted by Crippen LogP contribution is 2.32. The number of hydrogen-bond acceptors (Lipinski definition) is 8. The Balaban J connectivity index is 1.32. The lowest BCUT2D eigenvalue weighted by Gasteiger charge is -2.14. The Morgan fingerprint density at radius 2 is 1.69 bits per heavy atom. The summed E-state index contributed by atoms with van der Waals surface area (Å²) in [5.74, 6) is -1.72. The Hall–Kier alpha value is -4.82. The number of carbonyl (C=O) groups excluding carboxylic acids is 1. The first kappa shape index (κ1) is 31.6. The number of rotatable bonds is 11. The first-order chi connectivity index (χ1) is 21.3. The zero-order valence-corrected chi connectivity index (χ0v) is 24.4. The van der Waals surface area contributed by atoms with E-state index in [1.807, 2.05) is 12.1 Å². The van der Waals surface area contributed by atoms with E-state index in [2.05, 4.69) is 15.4 Å². The van der Waals surface area contributed by atoms with Crippen molar-refractivity contribution >= 4 is 32.9 Å². The van der Waals surface area contributed by atoms with E-state index >= 15 is 0 Å². The summed E-state index contributed by atoms with van der Waals surface area (Å²) in [6, 6.07) is 19.6. The van der Waals surface area contributed by atoms with Gasteiger partial charge in [-0.1, -0.05) is 36.4 Å². The number of pyridine rings is 1. The number of hydrogen-bond donors (Lipinski definition) is 2. The summed E-state index contributed by atoms with van der Waals surface area (Å²) in [5, 5.41) is 16.9. The van der Waals surface area contributed by atoms with E-state index in [0.717, 1.165) is 29.0 Å². The standard InChI is InChI=1S/C31H26F4N4O5S/c1-45(42,43)24-11-12-26(28(15-24)44-18-31(33,34)35)36-30-37-29-13-8-22(16-39(29)38-30)20-4-2-19(3-5-20)14-27(41)25(17-40)21-6-9-23(32)10-7-21/h2-13,15-16,25,40H,14,17-18H2,1H3,(H,36,38)/t25-/m1/s1. The molecule has 45 heavy (non-hydrogen) atoms. The second-order valence-electron chi connectivity index (χ2n) is 10.2. The molecule has 0 spiro atoms. The minimum absolute atomic E-state index is 0.0320. The van der Waals surface area contributed by atoms with Crippen molar-refractivity contribution in [2.45, 2.75) is 23.4 Å². The Morgan fingerprint density at radius 1 is 1.00 bits per heavy atom. The van der Waals surface area contributed by atoms with Gasteiger partial charge in [0.05, 0.1) is 23.1 Å². The number of sulfone groups is 1. The molecule has 2 heterocycles. The number of nitrogens with zero attached hydrogens (tertiary/aromatic N) is 3. The highest BCUT2D eigenvalue weighted by molar-refractivity contribution is 7.90. The quantitative estimate of drug-likeness (QED) is 0.181. The minimum atomic E-state index is -4.64. The van der Waals surface area contributed by atoms with Crippen molar-refractivity contribution in [1.82, 2.24) is 14.6 Å². The van der Waals surface area contributed by atoms with Crippen LogP contribution in [0.2, 0.25) is 0 Å². The Kier molecular flexibility index (Phi) is 8.89. The van der Waals surface area contributed by atoms with Gasteiger partial charge in [-0.25, -0.2) is 17.3 Å². The smallest absolute Gasteiger partial charge is 0.422 e. The normalized spacial score (nSPS) is 12.7. The maximum absolute atomic E-state index is 13.3. The molecule has 0 aliphatic heterocycles. The number of alkyl halides is 3. The highest BCUT2D eigenvalue weighted by Gasteiger charge is 2.29. The second kappa shape index (κ2) is 12.7. The average molecular weight is 643 g/mol. The van der Waals surface area contributed by atoms with Crippen molar-refractivity contribution in [2.75, 3.05) is 24.8 Å². The first-order valence-corrected chi connectivity index (χ1v) is 15.3. The molecule has 0 amide bonds. The summed E-state index contributed by atoms with van der Waals surface area (Å²) in [5.41, 5.74) is 3.27. The number of anilines is 2. The number of ketones is 1. The maximum atomic E-state index is 13.3. The van der Waals surface area contributed by atoms with Gasteiger partial charge in [0.15, 0.2) is 22.1 Å². The molecule has 0 aliphatic rings. The topological polar surface area (TPSA) is 123 Å². The molecule has 1 atom stereocenters. The second-order valence-corrected chi connectivity index (χ2v) is 12.3. The third kappa shape index (κ3) is 7.83. The van der Waals surface area contributed by atoms with E-state index in [1.54, 1.807) is 30.5 Å². The van der Waals surface area contributed by atoms with Crippen LogP contribution in [0.3, 0.4) is 0 Å². The fraction of sp³-hybridized carbons (Fsp3) is 0.194. The summed E-state index contributed by atoms with van der Waals surface area (Å²) in [6.45, 7) is -2.02. The number of aliphatic hydroxyl groups is 1. The number of carbonyl (C=O) groups is 1. The zero-order chi connectivity index (χ0) is 32.4. The molecule has 2 aromatic heterocycles. The Morgan fingerprint density at radius 3 is 2.33 bits per heavy atom. The zero-order valence-electron chi connectivity index (χ0n) is 23.6. The number of nitrogens with one attached hydrogen (secondary N) is 1. The third-order valence-electron chi connectivity index (χ3n) is 6.86. The van der Waals surface area contributed by atoms with Crippen molar-refractivity contribution in [2.24, 2.45) is 0 Å². The van der Waals surface area contributed by atoms with Gasteiger partial charge in [-0.2, -0.15) is 18.2 Å². The van der Waals surface area contributed by atoms with Gasteiger partial charge in [0, 0.05) is 30.5 Å². The number of aromatic nitrogens is 3. The van der Waals surface area contributed by atoms with Crippen LogP contribution in [0.1, 0.15) is 17.0 Å². The van der Waals surface area contributed by atoms with Crippen LogP contribution in [0.25, 0.3) is 16.8 Å². The van der Waals surface area contributed by atoms with Crippen LogP contribution in [-0.2, 0) is 21.1 Å². The van der Waals surface area contributed by atoms with Crippen LogP contribution in [-0.4, -0.2) is 59.6 Å². The predicted octanol–water partition coefficient (Wildman–Crippen LogP) is 5.51. The monoisotopic (exact) mass is 642 g/mol. The molecule has 0 fully saturated rings. The number of aliphatic hydroxyl groups excluding tert-OH is 1. The van der Waals surface area contributed by atoms with E-state index in [0.29, 0.717) is 11.2 Å². The fourth-order valence-electron chi connectivity index (χ4n) is 4.57. The number of ether oxygens (including phenoxy) is 1. The number of Topliss-reactive ketones (excluding diaryl/α,β-unsaturated/α-hetero) is 1. The summed E-state index contributed by atoms with van der Waals surface area (Å²) < 4.78 is 81.9. The molecule has 5 aromatic rings. The van der Waals surface area contributed by atoms with E-state index in [4.69, 9.17) is 4.74 Å². The molecule has 0 unspecified atom stereocenters. The maximum Gasteiger partial charge on any atom is 0.422 e. The Labute approximate surface area is 255 Å². The lowest BCUT2D eigenvalue weighted by Crippen LogP contribution is -2.19. The van der Waals surface area contributed by atoms with Crippen molar-refractivity contribution < 1.29 is 40.6 Å². The fourth-order valence-corrected chi connectivity index (χ4v) is 5.21. The lowest BCUT2D eigenvalue weighted by molar-refractivity contribution is -0.153. The van der Waals surface area contributed by atoms with Gasteiger partial charge in [-0.3, -0.25) is 4.79 Å². The van der Waals surface area contributed by atoms with Gasteiger partial charge in [0.2, 0.25) is 5.95 Å². The first-order valence-electron chi connectivity index (χ1n) is 13.4.